The number of thiophene rings is 1. The first-order chi connectivity index (χ1) is 12.7. The van der Waals surface area contributed by atoms with E-state index in [-0.39, 0.29) is 9.90 Å². The molecule has 1 aromatic carbocycles. The van der Waals surface area contributed by atoms with Gasteiger partial charge in [0, 0.05) is 18.6 Å². The van der Waals surface area contributed by atoms with E-state index in [0.29, 0.717) is 10.4 Å². The molecule has 0 fully saturated rings. The number of rotatable bonds is 3. The average molecular weight is 410 g/mol. The van der Waals surface area contributed by atoms with Crippen molar-refractivity contribution in [3.05, 3.63) is 60.4 Å². The second-order valence-electron chi connectivity index (χ2n) is 5.76. The van der Waals surface area contributed by atoms with Gasteiger partial charge in [-0.2, -0.15) is 26.7 Å². The molecule has 10 heteroatoms. The molecule has 3 aromatic heterocycles. The van der Waals surface area contributed by atoms with Gasteiger partial charge in [0.25, 0.3) is 10.0 Å². The topological polar surface area (TPSA) is 56.9 Å². The number of fused-ring (bicyclic) bond motifs is 1. The predicted octanol–water partition coefficient (Wildman–Crippen LogP) is 4.16. The maximum absolute atomic E-state index is 12.9. The first kappa shape index (κ1) is 17.8. The first-order valence-corrected chi connectivity index (χ1v) is 9.88. The van der Waals surface area contributed by atoms with Gasteiger partial charge in [0.15, 0.2) is 0 Å². The van der Waals surface area contributed by atoms with Crippen LogP contribution in [0.25, 0.3) is 21.5 Å². The van der Waals surface area contributed by atoms with E-state index < -0.39 is 21.9 Å². The molecule has 0 aliphatic heterocycles. The lowest BCUT2D eigenvalue weighted by atomic mass is 10.3. The number of alkyl halides is 3. The largest absolute Gasteiger partial charge is 0.433 e. The molecule has 0 bridgehead atoms. The molecule has 0 saturated carbocycles. The van der Waals surface area contributed by atoms with Crippen LogP contribution in [0.5, 0.6) is 0 Å². The van der Waals surface area contributed by atoms with Crippen LogP contribution >= 0.6 is 11.3 Å². The molecule has 0 unspecified atom stereocenters. The lowest BCUT2D eigenvalue weighted by Crippen LogP contribution is -2.11. The molecule has 0 saturated heterocycles. The summed E-state index contributed by atoms with van der Waals surface area (Å²) in [5, 5.41) is 4.58. The Morgan fingerprint density at radius 3 is 2.67 bits per heavy atom. The van der Waals surface area contributed by atoms with Crippen LogP contribution in [-0.2, 0) is 23.2 Å². The molecule has 0 amide bonds. The van der Waals surface area contributed by atoms with Gasteiger partial charge in [-0.25, -0.2) is 3.97 Å². The van der Waals surface area contributed by atoms with Gasteiger partial charge in [0.2, 0.25) is 0 Å². The summed E-state index contributed by atoms with van der Waals surface area (Å²) in [7, 11) is -2.68. The lowest BCUT2D eigenvalue weighted by Gasteiger charge is -2.04. The highest BCUT2D eigenvalue weighted by atomic mass is 32.2. The standard InChI is InChI=1S/C17H11F3N3O2S2/c1-22-15(17(18,19)20)10-12(21-22)14-6-7-16(26-14)27(24,25)23-9-8-11-4-2-3-5-13(11)23/h3-10H,1H3. The average Bonchev–Trinajstić information content (AvgIpc) is 3.31. The molecular weight excluding hydrogens is 399 g/mol. The normalized spacial score (nSPS) is 12.7. The highest BCUT2D eigenvalue weighted by Crippen LogP contribution is 2.36. The Bertz CT molecular complexity index is 1250. The summed E-state index contributed by atoms with van der Waals surface area (Å²) in [5.41, 5.74) is -0.327. The van der Waals surface area contributed by atoms with Gasteiger partial charge in [-0.3, -0.25) is 4.68 Å². The molecule has 27 heavy (non-hydrogen) atoms. The lowest BCUT2D eigenvalue weighted by molar-refractivity contribution is -0.143. The Balaban J connectivity index is 1.77. The van der Waals surface area contributed by atoms with Crippen LogP contribution in [-0.4, -0.2) is 22.2 Å². The van der Waals surface area contributed by atoms with Crippen LogP contribution < -0.4 is 0 Å². The van der Waals surface area contributed by atoms with Gasteiger partial charge < -0.3 is 0 Å². The van der Waals surface area contributed by atoms with Crippen LogP contribution in [0.4, 0.5) is 13.2 Å². The summed E-state index contributed by atoms with van der Waals surface area (Å²) in [6.07, 6.45) is -3.09. The number of halogens is 3. The molecule has 5 nitrogen and oxygen atoms in total. The smallest absolute Gasteiger partial charge is 0.263 e. The van der Waals surface area contributed by atoms with Gasteiger partial charge in [-0.1, -0.05) is 6.07 Å². The van der Waals surface area contributed by atoms with Crippen molar-refractivity contribution in [3.8, 4) is 10.6 Å². The van der Waals surface area contributed by atoms with Crippen LogP contribution in [0.15, 0.2) is 52.9 Å². The number of aromatic nitrogens is 3. The van der Waals surface area contributed by atoms with Crippen molar-refractivity contribution in [3.63, 3.8) is 0 Å². The molecule has 4 rings (SSSR count). The van der Waals surface area contributed by atoms with Crippen molar-refractivity contribution < 1.29 is 21.6 Å². The summed E-state index contributed by atoms with van der Waals surface area (Å²) in [4.78, 5) is 0.337. The molecular formula is C17H11F3N3O2S2. The summed E-state index contributed by atoms with van der Waals surface area (Å²) < 4.78 is 66.6. The Morgan fingerprint density at radius 2 is 1.96 bits per heavy atom. The third kappa shape index (κ3) is 2.94. The van der Waals surface area contributed by atoms with Crippen molar-refractivity contribution in [1.29, 1.82) is 0 Å². The molecule has 0 N–H and O–H groups in total. The van der Waals surface area contributed by atoms with Crippen molar-refractivity contribution >= 4 is 32.3 Å². The predicted molar refractivity (Wildman–Crippen MR) is 94.9 cm³/mol. The zero-order chi connectivity index (χ0) is 19.4. The fourth-order valence-corrected chi connectivity index (χ4v) is 5.46. The molecule has 139 valence electrons. The van der Waals surface area contributed by atoms with E-state index in [1.807, 2.05) is 0 Å². The van der Waals surface area contributed by atoms with E-state index >= 15 is 0 Å². The summed E-state index contributed by atoms with van der Waals surface area (Å²) >= 11 is 0.873. The number of aryl methyl sites for hydroxylation is 1. The van der Waals surface area contributed by atoms with E-state index in [9.17, 15) is 21.6 Å². The van der Waals surface area contributed by atoms with Crippen LogP contribution in [0.2, 0.25) is 0 Å². The Kier molecular flexibility index (Phi) is 3.93. The van der Waals surface area contributed by atoms with E-state index in [1.165, 1.54) is 25.4 Å². The zero-order valence-electron chi connectivity index (χ0n) is 13.7. The Morgan fingerprint density at radius 1 is 1.19 bits per heavy atom. The van der Waals surface area contributed by atoms with Gasteiger partial charge >= 0.3 is 6.18 Å². The van der Waals surface area contributed by atoms with Gasteiger partial charge in [-0.05, 0) is 42.5 Å². The van der Waals surface area contributed by atoms with E-state index in [1.54, 1.807) is 24.3 Å². The number of hydrogen-bond donors (Lipinski definition) is 0. The number of hydrogen-bond acceptors (Lipinski definition) is 4. The van der Waals surface area contributed by atoms with Crippen LogP contribution in [0.1, 0.15) is 5.69 Å². The van der Waals surface area contributed by atoms with E-state index in [2.05, 4.69) is 11.2 Å². The van der Waals surface area contributed by atoms with E-state index in [4.69, 9.17) is 0 Å². The molecule has 3 heterocycles. The SMILES string of the molecule is Cn1nc(-c2ccc(S(=O)(=O)n3ccc4c[c]ccc43)s2)cc1C(F)(F)F. The Labute approximate surface area is 156 Å². The Hall–Kier alpha value is -2.59. The van der Waals surface area contributed by atoms with Crippen molar-refractivity contribution in [2.24, 2.45) is 7.05 Å². The second kappa shape index (κ2) is 5.96. The minimum atomic E-state index is -4.53. The summed E-state index contributed by atoms with van der Waals surface area (Å²) in [6, 6.07) is 13.2. The van der Waals surface area contributed by atoms with Crippen molar-refractivity contribution in [1.82, 2.24) is 13.8 Å². The minimum absolute atomic E-state index is 0.0158. The van der Waals surface area contributed by atoms with Crippen LogP contribution in [0, 0.1) is 6.07 Å². The van der Waals surface area contributed by atoms with Gasteiger partial charge in [-0.15, -0.1) is 11.3 Å². The van der Waals surface area contributed by atoms with Crippen molar-refractivity contribution in [2.75, 3.05) is 0 Å². The van der Waals surface area contributed by atoms with E-state index in [0.717, 1.165) is 31.4 Å². The minimum Gasteiger partial charge on any atom is -0.263 e. The monoisotopic (exact) mass is 410 g/mol. The fourth-order valence-electron chi connectivity index (χ4n) is 2.75. The zero-order valence-corrected chi connectivity index (χ0v) is 15.4. The molecule has 0 spiro atoms. The quantitative estimate of drug-likeness (QED) is 0.510. The summed E-state index contributed by atoms with van der Waals surface area (Å²) in [6.45, 7) is 0. The molecule has 0 aliphatic carbocycles. The van der Waals surface area contributed by atoms with Crippen LogP contribution in [0.3, 0.4) is 0 Å². The second-order valence-corrected chi connectivity index (χ2v) is 8.88. The van der Waals surface area contributed by atoms with Gasteiger partial charge in [0.1, 0.15) is 15.6 Å². The molecule has 0 atom stereocenters. The summed E-state index contributed by atoms with van der Waals surface area (Å²) in [5.74, 6) is 0. The molecule has 4 aromatic rings. The number of benzene rings is 1. The maximum Gasteiger partial charge on any atom is 0.433 e. The first-order valence-electron chi connectivity index (χ1n) is 7.62. The maximum atomic E-state index is 12.9. The van der Waals surface area contributed by atoms with Gasteiger partial charge in [0.05, 0.1) is 10.4 Å². The fraction of sp³-hybridized carbons (Fsp3) is 0.118. The highest BCUT2D eigenvalue weighted by molar-refractivity contribution is 7.92. The third-order valence-electron chi connectivity index (χ3n) is 4.02. The molecule has 0 aliphatic rings. The molecule has 1 radical (unpaired) electrons. The van der Waals surface area contributed by atoms with Crippen molar-refractivity contribution in [2.45, 2.75) is 10.4 Å². The number of nitrogens with zero attached hydrogens (tertiary/aromatic N) is 3. The highest BCUT2D eigenvalue weighted by Gasteiger charge is 2.35. The third-order valence-corrected chi connectivity index (χ3v) is 7.28.